The van der Waals surface area contributed by atoms with Crippen molar-refractivity contribution in [3.8, 4) is 0 Å². The minimum atomic E-state index is -0.658. The van der Waals surface area contributed by atoms with Gasteiger partial charge in [-0.1, -0.05) is 42.7 Å². The second kappa shape index (κ2) is 8.90. The number of aryl methyl sites for hydroxylation is 1. The summed E-state index contributed by atoms with van der Waals surface area (Å²) in [5.74, 6) is 0.681. The topological polar surface area (TPSA) is 59.2 Å². The molecule has 3 aliphatic rings. The SMILES string of the molecule is Cc1ccc(CC2CCN(C3(c4nc(Cl)nc5c4ncn5C4CCCC4)C=CC=N3)CC2)cc1. The lowest BCUT2D eigenvalue weighted by atomic mass is 9.88. The first-order valence-corrected chi connectivity index (χ1v) is 12.9. The van der Waals surface area contributed by atoms with Gasteiger partial charge in [-0.3, -0.25) is 9.89 Å². The van der Waals surface area contributed by atoms with E-state index >= 15 is 0 Å². The van der Waals surface area contributed by atoms with E-state index in [1.165, 1.54) is 36.8 Å². The zero-order valence-electron chi connectivity index (χ0n) is 19.7. The Morgan fingerprint density at radius 3 is 2.50 bits per heavy atom. The molecule has 176 valence electrons. The zero-order chi connectivity index (χ0) is 23.1. The summed E-state index contributed by atoms with van der Waals surface area (Å²) in [4.78, 5) is 21.6. The maximum Gasteiger partial charge on any atom is 0.224 e. The molecule has 6 nitrogen and oxygen atoms in total. The maximum absolute atomic E-state index is 6.51. The molecule has 2 aromatic heterocycles. The lowest BCUT2D eigenvalue weighted by Gasteiger charge is -2.41. The van der Waals surface area contributed by atoms with E-state index in [1.54, 1.807) is 0 Å². The molecule has 0 amide bonds. The number of benzene rings is 1. The molecule has 2 fully saturated rings. The van der Waals surface area contributed by atoms with Gasteiger partial charge >= 0.3 is 0 Å². The molecule has 1 saturated heterocycles. The molecule has 2 aliphatic heterocycles. The number of hydrogen-bond donors (Lipinski definition) is 0. The first-order valence-electron chi connectivity index (χ1n) is 12.6. The number of likely N-dealkylation sites (tertiary alicyclic amines) is 1. The molecule has 1 aliphatic carbocycles. The molecule has 1 unspecified atom stereocenters. The Labute approximate surface area is 205 Å². The van der Waals surface area contributed by atoms with Crippen LogP contribution in [0.4, 0.5) is 0 Å². The highest BCUT2D eigenvalue weighted by Gasteiger charge is 2.43. The quantitative estimate of drug-likeness (QED) is 0.448. The lowest BCUT2D eigenvalue weighted by molar-refractivity contribution is 0.0866. The van der Waals surface area contributed by atoms with Crippen LogP contribution in [0.15, 0.2) is 47.7 Å². The van der Waals surface area contributed by atoms with Gasteiger partial charge in [0.2, 0.25) is 5.28 Å². The van der Waals surface area contributed by atoms with E-state index in [2.05, 4.69) is 51.7 Å². The van der Waals surface area contributed by atoms with Gasteiger partial charge in [-0.05, 0) is 74.3 Å². The van der Waals surface area contributed by atoms with Crippen molar-refractivity contribution in [2.75, 3.05) is 13.1 Å². The Morgan fingerprint density at radius 1 is 1.03 bits per heavy atom. The van der Waals surface area contributed by atoms with Crippen LogP contribution in [0.3, 0.4) is 0 Å². The van der Waals surface area contributed by atoms with Crippen molar-refractivity contribution >= 4 is 29.0 Å². The second-order valence-electron chi connectivity index (χ2n) is 10.1. The van der Waals surface area contributed by atoms with Gasteiger partial charge in [0.25, 0.3) is 0 Å². The molecule has 3 aromatic rings. The van der Waals surface area contributed by atoms with Crippen LogP contribution in [0.1, 0.15) is 61.4 Å². The Bertz CT molecular complexity index is 1220. The highest BCUT2D eigenvalue weighted by atomic mass is 35.5. The van der Waals surface area contributed by atoms with E-state index in [0.717, 1.165) is 49.2 Å². The first-order chi connectivity index (χ1) is 16.6. The van der Waals surface area contributed by atoms with Crippen molar-refractivity contribution in [2.45, 2.75) is 63.6 Å². The Kier molecular flexibility index (Phi) is 5.74. The molecule has 1 aromatic carbocycles. The summed E-state index contributed by atoms with van der Waals surface area (Å²) in [6, 6.07) is 9.42. The summed E-state index contributed by atoms with van der Waals surface area (Å²) in [5.41, 5.74) is 4.55. The van der Waals surface area contributed by atoms with Crippen LogP contribution in [0.25, 0.3) is 11.2 Å². The van der Waals surface area contributed by atoms with Crippen LogP contribution >= 0.6 is 11.6 Å². The summed E-state index contributed by atoms with van der Waals surface area (Å²) in [7, 11) is 0. The second-order valence-corrected chi connectivity index (χ2v) is 10.4. The van der Waals surface area contributed by atoms with E-state index in [-0.39, 0.29) is 5.28 Å². The Morgan fingerprint density at radius 2 is 1.79 bits per heavy atom. The van der Waals surface area contributed by atoms with E-state index in [0.29, 0.717) is 12.0 Å². The van der Waals surface area contributed by atoms with E-state index in [1.807, 2.05) is 18.6 Å². The molecular formula is C27H31ClN6. The summed E-state index contributed by atoms with van der Waals surface area (Å²) in [6.07, 6.45) is 16.2. The van der Waals surface area contributed by atoms with Crippen molar-refractivity contribution in [1.82, 2.24) is 24.4 Å². The fourth-order valence-electron chi connectivity index (χ4n) is 5.99. The van der Waals surface area contributed by atoms with Crippen LogP contribution in [0.2, 0.25) is 5.28 Å². The van der Waals surface area contributed by atoms with Crippen molar-refractivity contribution < 1.29 is 0 Å². The number of hydrogen-bond acceptors (Lipinski definition) is 5. The predicted molar refractivity (Wildman–Crippen MR) is 136 cm³/mol. The molecule has 0 spiro atoms. The number of piperidine rings is 1. The largest absolute Gasteiger partial charge is 0.312 e. The fraction of sp³-hybridized carbons (Fsp3) is 0.481. The van der Waals surface area contributed by atoms with Gasteiger partial charge in [-0.25, -0.2) is 9.97 Å². The smallest absolute Gasteiger partial charge is 0.224 e. The van der Waals surface area contributed by atoms with Gasteiger partial charge in [0.15, 0.2) is 11.3 Å². The lowest BCUT2D eigenvalue weighted by Crippen LogP contribution is -2.48. The van der Waals surface area contributed by atoms with Crippen LogP contribution in [-0.4, -0.2) is 43.7 Å². The standard InChI is InChI=1S/C27H31ClN6/c1-19-7-9-20(10-8-19)17-21-11-15-33(16-12-21)27(13-4-14-30-27)24-23-25(32-26(28)31-24)34(18-29-23)22-5-2-3-6-22/h4,7-10,13-14,18,21-22H,2-3,5-6,11-12,15-17H2,1H3. The summed E-state index contributed by atoms with van der Waals surface area (Å²) >= 11 is 6.51. The van der Waals surface area contributed by atoms with Gasteiger partial charge in [-0.2, -0.15) is 4.98 Å². The van der Waals surface area contributed by atoms with Crippen LogP contribution in [-0.2, 0) is 12.1 Å². The number of rotatable bonds is 5. The van der Waals surface area contributed by atoms with E-state index in [9.17, 15) is 0 Å². The van der Waals surface area contributed by atoms with Gasteiger partial charge in [0.1, 0.15) is 11.2 Å². The van der Waals surface area contributed by atoms with Crippen LogP contribution < -0.4 is 0 Å². The Hall–Kier alpha value is -2.57. The molecular weight excluding hydrogens is 444 g/mol. The molecule has 1 saturated carbocycles. The predicted octanol–water partition coefficient (Wildman–Crippen LogP) is 5.65. The first kappa shape index (κ1) is 21.9. The number of imidazole rings is 1. The summed E-state index contributed by atoms with van der Waals surface area (Å²) < 4.78 is 2.21. The molecule has 0 radical (unpaired) electrons. The van der Waals surface area contributed by atoms with Gasteiger partial charge in [0.05, 0.1) is 6.33 Å². The molecule has 0 bridgehead atoms. The average Bonchev–Trinajstić information content (AvgIpc) is 3.61. The van der Waals surface area contributed by atoms with Crippen molar-refractivity contribution in [2.24, 2.45) is 10.9 Å². The number of halogens is 1. The Balaban J connectivity index is 1.29. The van der Waals surface area contributed by atoms with E-state index < -0.39 is 5.66 Å². The molecule has 1 atom stereocenters. The number of aliphatic imine (C=N–C) groups is 1. The van der Waals surface area contributed by atoms with Gasteiger partial charge in [-0.15, -0.1) is 0 Å². The molecule has 6 rings (SSSR count). The van der Waals surface area contributed by atoms with Crippen molar-refractivity contribution in [1.29, 1.82) is 0 Å². The normalized spacial score (nSPS) is 24.1. The van der Waals surface area contributed by atoms with Gasteiger partial charge < -0.3 is 4.57 Å². The fourth-order valence-corrected chi connectivity index (χ4v) is 6.15. The third-order valence-corrected chi connectivity index (χ3v) is 8.06. The number of fused-ring (bicyclic) bond motifs is 1. The average molecular weight is 475 g/mol. The third-order valence-electron chi connectivity index (χ3n) is 7.89. The highest BCUT2D eigenvalue weighted by Crippen LogP contribution is 2.41. The zero-order valence-corrected chi connectivity index (χ0v) is 20.5. The number of aromatic nitrogens is 4. The minimum absolute atomic E-state index is 0.270. The summed E-state index contributed by atoms with van der Waals surface area (Å²) in [6.45, 7) is 4.07. The van der Waals surface area contributed by atoms with Crippen LogP contribution in [0, 0.1) is 12.8 Å². The molecule has 0 N–H and O–H groups in total. The molecule has 4 heterocycles. The van der Waals surface area contributed by atoms with Crippen LogP contribution in [0.5, 0.6) is 0 Å². The van der Waals surface area contributed by atoms with Gasteiger partial charge in [0, 0.05) is 25.3 Å². The van der Waals surface area contributed by atoms with Crippen molar-refractivity contribution in [3.63, 3.8) is 0 Å². The third kappa shape index (κ3) is 3.87. The monoisotopic (exact) mass is 474 g/mol. The highest BCUT2D eigenvalue weighted by molar-refractivity contribution is 6.28. The number of allylic oxidation sites excluding steroid dienone is 1. The van der Waals surface area contributed by atoms with Crippen molar-refractivity contribution in [3.05, 3.63) is 64.8 Å². The summed E-state index contributed by atoms with van der Waals surface area (Å²) in [5, 5.41) is 0.270. The maximum atomic E-state index is 6.51. The molecule has 7 heteroatoms. The molecule has 34 heavy (non-hydrogen) atoms. The minimum Gasteiger partial charge on any atom is -0.312 e. The number of nitrogens with zero attached hydrogens (tertiary/aromatic N) is 6. The van der Waals surface area contributed by atoms with E-state index in [4.69, 9.17) is 26.6 Å².